The van der Waals surface area contributed by atoms with Crippen molar-refractivity contribution in [2.75, 3.05) is 25.6 Å². The summed E-state index contributed by atoms with van der Waals surface area (Å²) in [5.41, 5.74) is 3.14. The molecule has 184 valence electrons. The highest BCUT2D eigenvalue weighted by atomic mass is 32.1. The van der Waals surface area contributed by atoms with Crippen LogP contribution in [0.25, 0.3) is 27.4 Å². The molecule has 0 saturated carbocycles. The van der Waals surface area contributed by atoms with Crippen molar-refractivity contribution in [1.82, 2.24) is 14.6 Å². The second-order valence-electron chi connectivity index (χ2n) is 8.38. The average Bonchev–Trinajstić information content (AvgIpc) is 3.61. The Balaban J connectivity index is 1.19. The Hall–Kier alpha value is -4.03. The van der Waals surface area contributed by atoms with Gasteiger partial charge in [-0.25, -0.2) is 9.50 Å². The Labute approximate surface area is 213 Å². The first-order chi connectivity index (χ1) is 17.7. The fourth-order valence-electron chi connectivity index (χ4n) is 3.93. The van der Waals surface area contributed by atoms with E-state index in [1.54, 1.807) is 23.0 Å². The number of aryl methyl sites for hydroxylation is 1. The molecule has 1 N–H and O–H groups in total. The van der Waals surface area contributed by atoms with Gasteiger partial charge >= 0.3 is 0 Å². The number of anilines is 1. The van der Waals surface area contributed by atoms with Crippen molar-refractivity contribution in [3.63, 3.8) is 0 Å². The number of fused-ring (bicyclic) bond motifs is 2. The number of aromatic nitrogens is 3. The summed E-state index contributed by atoms with van der Waals surface area (Å²) in [7, 11) is 1.64. The molecule has 0 atom stereocenters. The number of ether oxygens (including phenoxy) is 2. The Bertz CT molecular complexity index is 1480. The van der Waals surface area contributed by atoms with Crippen molar-refractivity contribution >= 4 is 33.0 Å². The summed E-state index contributed by atoms with van der Waals surface area (Å²) < 4.78 is 19.5. The highest BCUT2D eigenvalue weighted by molar-refractivity contribution is 7.16. The van der Waals surface area contributed by atoms with Gasteiger partial charge in [-0.2, -0.15) is 10.4 Å². The number of nitrogens with one attached hydrogen (secondary N) is 1. The van der Waals surface area contributed by atoms with E-state index in [4.69, 9.17) is 19.2 Å². The summed E-state index contributed by atoms with van der Waals surface area (Å²) >= 11 is 1.59. The SMILES string of the molecule is CCc1nn2cc(-c3cc4c(OCCCCCNc5ccc(C#N)cc5)cc(OC)cc4o3)nc2s1. The van der Waals surface area contributed by atoms with Crippen LogP contribution in [0.3, 0.4) is 0 Å². The van der Waals surface area contributed by atoms with Crippen LogP contribution in [0.1, 0.15) is 36.8 Å². The van der Waals surface area contributed by atoms with Gasteiger partial charge in [0.25, 0.3) is 0 Å². The van der Waals surface area contributed by atoms with Crippen LogP contribution in [-0.2, 0) is 6.42 Å². The Morgan fingerprint density at radius 3 is 2.75 bits per heavy atom. The fraction of sp³-hybridized carbons (Fsp3) is 0.296. The maximum absolute atomic E-state index is 8.88. The Morgan fingerprint density at radius 2 is 2.00 bits per heavy atom. The molecule has 0 saturated heterocycles. The Kier molecular flexibility index (Phi) is 7.05. The molecule has 0 aliphatic heterocycles. The van der Waals surface area contributed by atoms with Crippen molar-refractivity contribution in [2.45, 2.75) is 32.6 Å². The van der Waals surface area contributed by atoms with Crippen LogP contribution in [0.5, 0.6) is 11.5 Å². The first-order valence-corrected chi connectivity index (χ1v) is 12.8. The van der Waals surface area contributed by atoms with E-state index in [0.717, 1.165) is 64.7 Å². The molecule has 0 fully saturated rings. The number of nitrogens with zero attached hydrogens (tertiary/aromatic N) is 4. The van der Waals surface area contributed by atoms with Crippen LogP contribution in [-0.4, -0.2) is 34.9 Å². The molecular weight excluding hydrogens is 474 g/mol. The maximum atomic E-state index is 8.88. The molecule has 5 rings (SSSR count). The minimum atomic E-state index is 0.601. The van der Waals surface area contributed by atoms with E-state index in [-0.39, 0.29) is 0 Å². The van der Waals surface area contributed by atoms with Crippen molar-refractivity contribution in [3.8, 4) is 29.0 Å². The summed E-state index contributed by atoms with van der Waals surface area (Å²) in [5, 5.41) is 18.8. The van der Waals surface area contributed by atoms with Gasteiger partial charge in [0.15, 0.2) is 5.76 Å². The molecule has 36 heavy (non-hydrogen) atoms. The van der Waals surface area contributed by atoms with E-state index in [1.807, 2.05) is 48.7 Å². The average molecular weight is 502 g/mol. The van der Waals surface area contributed by atoms with Gasteiger partial charge in [0.1, 0.15) is 27.8 Å². The van der Waals surface area contributed by atoms with Crippen molar-refractivity contribution in [2.24, 2.45) is 0 Å². The maximum Gasteiger partial charge on any atom is 0.212 e. The number of benzene rings is 2. The molecule has 2 aromatic carbocycles. The second kappa shape index (κ2) is 10.7. The Morgan fingerprint density at radius 1 is 1.14 bits per heavy atom. The minimum absolute atomic E-state index is 0.601. The molecule has 0 unspecified atom stereocenters. The lowest BCUT2D eigenvalue weighted by Gasteiger charge is -2.09. The first-order valence-electron chi connectivity index (χ1n) is 12.0. The second-order valence-corrected chi connectivity index (χ2v) is 9.42. The van der Waals surface area contributed by atoms with Gasteiger partial charge in [-0.3, -0.25) is 0 Å². The third-order valence-corrected chi connectivity index (χ3v) is 6.94. The largest absolute Gasteiger partial charge is 0.496 e. The number of hydrogen-bond donors (Lipinski definition) is 1. The highest BCUT2D eigenvalue weighted by Gasteiger charge is 2.16. The van der Waals surface area contributed by atoms with Crippen LogP contribution < -0.4 is 14.8 Å². The summed E-state index contributed by atoms with van der Waals surface area (Å²) in [5.74, 6) is 2.10. The van der Waals surface area contributed by atoms with Crippen molar-refractivity contribution < 1.29 is 13.9 Å². The molecule has 3 aromatic heterocycles. The van der Waals surface area contributed by atoms with E-state index in [2.05, 4.69) is 28.4 Å². The van der Waals surface area contributed by atoms with Gasteiger partial charge in [-0.05, 0) is 56.0 Å². The van der Waals surface area contributed by atoms with E-state index >= 15 is 0 Å². The third kappa shape index (κ3) is 5.14. The predicted octanol–water partition coefficient (Wildman–Crippen LogP) is 6.31. The van der Waals surface area contributed by atoms with E-state index in [1.165, 1.54) is 0 Å². The number of furan rings is 1. The molecule has 0 aliphatic carbocycles. The summed E-state index contributed by atoms with van der Waals surface area (Å²) in [6.07, 6.45) is 5.78. The van der Waals surface area contributed by atoms with Gasteiger partial charge in [0, 0.05) is 24.4 Å². The molecule has 5 aromatic rings. The molecule has 8 nitrogen and oxygen atoms in total. The first kappa shape index (κ1) is 23.7. The lowest BCUT2D eigenvalue weighted by atomic mass is 10.2. The number of methoxy groups -OCH3 is 1. The topological polar surface area (TPSA) is 97.6 Å². The minimum Gasteiger partial charge on any atom is -0.496 e. The molecule has 0 spiro atoms. The van der Waals surface area contributed by atoms with E-state index in [0.29, 0.717) is 29.3 Å². The van der Waals surface area contributed by atoms with E-state index in [9.17, 15) is 0 Å². The van der Waals surface area contributed by atoms with E-state index < -0.39 is 0 Å². The van der Waals surface area contributed by atoms with Gasteiger partial charge < -0.3 is 19.2 Å². The number of nitriles is 1. The summed E-state index contributed by atoms with van der Waals surface area (Å²) in [6, 6.07) is 15.4. The van der Waals surface area contributed by atoms with Crippen LogP contribution in [0.15, 0.2) is 53.1 Å². The molecule has 9 heteroatoms. The molecule has 0 aliphatic rings. The summed E-state index contributed by atoms with van der Waals surface area (Å²) in [4.78, 5) is 5.54. The van der Waals surface area contributed by atoms with Crippen LogP contribution in [0, 0.1) is 11.3 Å². The van der Waals surface area contributed by atoms with Crippen LogP contribution in [0.2, 0.25) is 0 Å². The van der Waals surface area contributed by atoms with Crippen molar-refractivity contribution in [1.29, 1.82) is 5.26 Å². The zero-order chi connectivity index (χ0) is 24.9. The van der Waals surface area contributed by atoms with Crippen LogP contribution >= 0.6 is 11.3 Å². The van der Waals surface area contributed by atoms with Gasteiger partial charge in [0.05, 0.1) is 36.9 Å². The predicted molar refractivity (Wildman–Crippen MR) is 141 cm³/mol. The molecule has 3 heterocycles. The number of imidazole rings is 1. The fourth-order valence-corrected chi connectivity index (χ4v) is 4.75. The number of unbranched alkanes of at least 4 members (excludes halogenated alkanes) is 2. The van der Waals surface area contributed by atoms with Crippen molar-refractivity contribution in [3.05, 3.63) is 59.2 Å². The zero-order valence-electron chi connectivity index (χ0n) is 20.3. The third-order valence-electron chi connectivity index (χ3n) is 5.87. The normalized spacial score (nSPS) is 11.1. The number of hydrogen-bond acceptors (Lipinski definition) is 8. The molecule has 0 bridgehead atoms. The van der Waals surface area contributed by atoms with Gasteiger partial charge in [-0.15, -0.1) is 0 Å². The molecular formula is C27H27N5O3S. The number of rotatable bonds is 11. The zero-order valence-corrected chi connectivity index (χ0v) is 21.1. The van der Waals surface area contributed by atoms with Gasteiger partial charge in [-0.1, -0.05) is 18.3 Å². The molecule has 0 amide bonds. The lowest BCUT2D eigenvalue weighted by Crippen LogP contribution is -2.03. The van der Waals surface area contributed by atoms with Crippen LogP contribution in [0.4, 0.5) is 5.69 Å². The lowest BCUT2D eigenvalue weighted by molar-refractivity contribution is 0.307. The smallest absolute Gasteiger partial charge is 0.212 e. The summed E-state index contributed by atoms with van der Waals surface area (Å²) in [6.45, 7) is 3.56. The highest BCUT2D eigenvalue weighted by Crippen LogP contribution is 2.37. The standard InChI is InChI=1S/C27H27N5O3S/c1-3-26-31-32-17-22(30-27(32)36-26)25-15-21-23(13-20(33-2)14-24(21)35-25)34-12-6-4-5-11-29-19-9-7-18(16-28)8-10-19/h7-10,13-15,17,29H,3-6,11-12H2,1-2H3. The quantitative estimate of drug-likeness (QED) is 0.212. The molecule has 0 radical (unpaired) electrons. The van der Waals surface area contributed by atoms with Gasteiger partial charge in [0.2, 0.25) is 4.96 Å². The monoisotopic (exact) mass is 501 g/mol.